The number of carbonyl (C=O) groups excluding carboxylic acids is 1. The first-order valence-electron chi connectivity index (χ1n) is 17.6. The Balaban J connectivity index is 1.56. The topological polar surface area (TPSA) is 141 Å². The summed E-state index contributed by atoms with van der Waals surface area (Å²) in [4.78, 5) is 18.6. The first-order valence-corrected chi connectivity index (χ1v) is 22.4. The van der Waals surface area contributed by atoms with Gasteiger partial charge in [-0.25, -0.2) is 44.0 Å². The van der Waals surface area contributed by atoms with Crippen LogP contribution in [0, 0.1) is 23.5 Å². The predicted molar refractivity (Wildman–Crippen MR) is 217 cm³/mol. The molecule has 1 unspecified atom stereocenters. The van der Waals surface area contributed by atoms with E-state index >= 15 is 0 Å². The molecule has 0 spiro atoms. The number of hydrogen-bond donors (Lipinski definition) is 2. The normalized spacial score (nSPS) is 14.9. The highest BCUT2D eigenvalue weighted by Gasteiger charge is 2.45. The van der Waals surface area contributed by atoms with Crippen LogP contribution in [0.25, 0.3) is 22.0 Å². The minimum absolute atomic E-state index is 0.00236. The summed E-state index contributed by atoms with van der Waals surface area (Å²) in [5.41, 5.74) is -0.960. The number of amides is 1. The molecule has 2 aromatic carbocycles. The number of halogens is 8. The summed E-state index contributed by atoms with van der Waals surface area (Å²) in [5.74, 6) is 6.42. The van der Waals surface area contributed by atoms with Crippen molar-refractivity contribution in [1.29, 1.82) is 0 Å². The van der Waals surface area contributed by atoms with Gasteiger partial charge in [-0.1, -0.05) is 23.6 Å². The van der Waals surface area contributed by atoms with E-state index in [1.807, 2.05) is 0 Å². The van der Waals surface area contributed by atoms with E-state index in [1.54, 1.807) is 19.2 Å². The molecular formula is C38H35BrClF6N7O4S2. The summed E-state index contributed by atoms with van der Waals surface area (Å²) in [6, 6.07) is 7.45. The Hall–Kier alpha value is -4.58. The zero-order valence-electron chi connectivity index (χ0n) is 31.6. The SMILES string of the molecule is C=S(C)(=O)Nc1nn(C)c2c(-c3ccc(C#CC(C)(C)S(=O)(=O)C4CC4)nc3[C@H](Cc3cc(F)cc(F)c3)NC(=O)Cn3nc(C(F)F)c(Br)c3C(F)F)ccc(Cl)c12. The lowest BCUT2D eigenvalue weighted by atomic mass is 9.93. The average molecular weight is 947 g/mol. The molecule has 6 rings (SSSR count). The number of aromatic nitrogens is 5. The summed E-state index contributed by atoms with van der Waals surface area (Å²) in [7, 11) is -4.95. The Labute approximate surface area is 349 Å². The molecule has 59 heavy (non-hydrogen) atoms. The van der Waals surface area contributed by atoms with E-state index in [9.17, 15) is 43.8 Å². The van der Waals surface area contributed by atoms with Crippen LogP contribution >= 0.6 is 27.5 Å². The number of hydrogen-bond acceptors (Lipinski definition) is 7. The van der Waals surface area contributed by atoms with E-state index in [1.165, 1.54) is 36.9 Å². The fraction of sp³-hybridized carbons (Fsp3) is 0.342. The number of fused-ring (bicyclic) bond motifs is 1. The van der Waals surface area contributed by atoms with E-state index in [4.69, 9.17) is 16.6 Å². The second-order valence-corrected chi connectivity index (χ2v) is 20.7. The van der Waals surface area contributed by atoms with Gasteiger partial charge in [-0.2, -0.15) is 10.2 Å². The van der Waals surface area contributed by atoms with Crippen molar-refractivity contribution in [1.82, 2.24) is 29.9 Å². The number of alkyl halides is 4. The zero-order chi connectivity index (χ0) is 43.4. The number of rotatable bonds is 13. The largest absolute Gasteiger partial charge is 0.346 e. The molecule has 21 heteroatoms. The van der Waals surface area contributed by atoms with Gasteiger partial charge in [0.05, 0.1) is 37.4 Å². The summed E-state index contributed by atoms with van der Waals surface area (Å²) >= 11 is 9.39. The first-order chi connectivity index (χ1) is 27.5. The van der Waals surface area contributed by atoms with Crippen molar-refractivity contribution in [2.75, 3.05) is 11.0 Å². The number of aryl methyl sites for hydroxylation is 1. The number of carbonyl (C=O) groups is 1. The number of pyridine rings is 1. The van der Waals surface area contributed by atoms with Gasteiger partial charge in [0.25, 0.3) is 12.9 Å². The molecule has 1 aliphatic rings. The van der Waals surface area contributed by atoms with Crippen molar-refractivity contribution < 1.29 is 43.8 Å². The molecule has 314 valence electrons. The van der Waals surface area contributed by atoms with E-state index in [2.05, 4.69) is 53.9 Å². The van der Waals surface area contributed by atoms with Gasteiger partial charge in [0, 0.05) is 40.2 Å². The quantitative estimate of drug-likeness (QED) is 0.0696. The van der Waals surface area contributed by atoms with Crippen LogP contribution in [0.2, 0.25) is 5.02 Å². The maximum atomic E-state index is 14.6. The molecule has 3 aromatic heterocycles. The minimum Gasteiger partial charge on any atom is -0.346 e. The molecule has 2 atom stereocenters. The molecule has 11 nitrogen and oxygen atoms in total. The molecular weight excluding hydrogens is 912 g/mol. The van der Waals surface area contributed by atoms with Gasteiger partial charge in [0.2, 0.25) is 5.91 Å². The van der Waals surface area contributed by atoms with Crippen molar-refractivity contribution in [3.8, 4) is 23.0 Å². The second kappa shape index (κ2) is 16.5. The van der Waals surface area contributed by atoms with E-state index in [0.717, 1.165) is 12.1 Å². The van der Waals surface area contributed by atoms with Gasteiger partial charge in [0.1, 0.15) is 40.0 Å². The fourth-order valence-corrected chi connectivity index (χ4v) is 9.69. The molecule has 0 saturated heterocycles. The third-order valence-electron chi connectivity index (χ3n) is 9.32. The third-order valence-corrected chi connectivity index (χ3v) is 13.9. The van der Waals surface area contributed by atoms with Crippen molar-refractivity contribution in [3.05, 3.63) is 91.9 Å². The Morgan fingerprint density at radius 1 is 1.02 bits per heavy atom. The maximum absolute atomic E-state index is 14.6. The monoisotopic (exact) mass is 945 g/mol. The van der Waals surface area contributed by atoms with Crippen molar-refractivity contribution in [2.45, 2.75) is 68.5 Å². The number of anilines is 1. The summed E-state index contributed by atoms with van der Waals surface area (Å²) in [5, 5.41) is 10.6. The molecule has 0 radical (unpaired) electrons. The van der Waals surface area contributed by atoms with Crippen LogP contribution in [0.15, 0.2) is 46.9 Å². The predicted octanol–water partition coefficient (Wildman–Crippen LogP) is 7.88. The van der Waals surface area contributed by atoms with E-state index < -0.39 is 88.4 Å². The van der Waals surface area contributed by atoms with E-state index in [-0.39, 0.29) is 39.8 Å². The molecule has 1 aliphatic carbocycles. The number of sulfone groups is 1. The van der Waals surface area contributed by atoms with Crippen LogP contribution in [0.3, 0.4) is 0 Å². The van der Waals surface area contributed by atoms with Crippen LogP contribution in [-0.2, 0) is 44.4 Å². The van der Waals surface area contributed by atoms with Gasteiger partial charge < -0.3 is 5.32 Å². The maximum Gasteiger partial charge on any atom is 0.283 e. The number of nitrogens with zero attached hydrogens (tertiary/aromatic N) is 5. The third kappa shape index (κ3) is 9.42. The van der Waals surface area contributed by atoms with Crippen LogP contribution in [-0.4, -0.2) is 65.2 Å². The summed E-state index contributed by atoms with van der Waals surface area (Å²) < 4.78 is 126. The summed E-state index contributed by atoms with van der Waals surface area (Å²) in [6.07, 6.45) is -4.59. The second-order valence-electron chi connectivity index (χ2n) is 14.5. The van der Waals surface area contributed by atoms with Crippen molar-refractivity contribution in [3.63, 3.8) is 0 Å². The molecule has 0 aliphatic heterocycles. The highest BCUT2D eigenvalue weighted by Crippen LogP contribution is 2.41. The molecule has 1 saturated carbocycles. The van der Waals surface area contributed by atoms with Gasteiger partial charge in [-0.3, -0.25) is 18.9 Å². The molecule has 5 aromatic rings. The van der Waals surface area contributed by atoms with Crippen LogP contribution < -0.4 is 10.0 Å². The Morgan fingerprint density at radius 2 is 1.66 bits per heavy atom. The summed E-state index contributed by atoms with van der Waals surface area (Å²) in [6.45, 7) is 1.93. The molecule has 1 amide bonds. The molecule has 0 bridgehead atoms. The Bertz CT molecular complexity index is 2760. The minimum atomic E-state index is -3.66. The number of benzene rings is 2. The highest BCUT2D eigenvalue weighted by molar-refractivity contribution is 9.10. The van der Waals surface area contributed by atoms with Crippen molar-refractivity contribution in [2.24, 2.45) is 7.05 Å². The van der Waals surface area contributed by atoms with Crippen molar-refractivity contribution >= 4 is 75.6 Å². The van der Waals surface area contributed by atoms with Gasteiger partial charge in [0.15, 0.2) is 15.7 Å². The lowest BCUT2D eigenvalue weighted by Gasteiger charge is -2.23. The van der Waals surface area contributed by atoms with Crippen LogP contribution in [0.1, 0.15) is 73.9 Å². The molecule has 3 heterocycles. The lowest BCUT2D eigenvalue weighted by Crippen LogP contribution is -2.34. The Morgan fingerprint density at radius 3 is 2.25 bits per heavy atom. The first kappa shape index (κ1) is 44.0. The standard InChI is InChI=1S/C38H35BrClF6N7O4S2/c1-38(2,59(56,57)23-7-8-23)13-12-22-6-9-24(25-10-11-26(40)29-33(25)52(3)50-37(29)51-58(4,5)55)31(47-22)27(16-19-14-20(41)17-21(42)15-19)48-28(54)18-53-34(36(45)46)30(39)32(49-53)35(43)44/h6,9-11,14-15,17,23,27,35-36H,4,7-8,16,18H2,1-3,5H3,(H,48,54)(H,50,51,55)/t27-,58?/m0/s1. The smallest absolute Gasteiger partial charge is 0.283 e. The fourth-order valence-electron chi connectivity index (χ4n) is 6.49. The number of nitrogens with one attached hydrogen (secondary N) is 2. The van der Waals surface area contributed by atoms with Gasteiger partial charge in [-0.05, 0) is 96.7 Å². The highest BCUT2D eigenvalue weighted by atomic mass is 79.9. The molecule has 2 N–H and O–H groups in total. The van der Waals surface area contributed by atoms with Crippen LogP contribution in [0.4, 0.5) is 32.2 Å². The van der Waals surface area contributed by atoms with E-state index in [0.29, 0.717) is 40.1 Å². The lowest BCUT2D eigenvalue weighted by molar-refractivity contribution is -0.122. The van der Waals surface area contributed by atoms with Gasteiger partial charge >= 0.3 is 0 Å². The zero-order valence-corrected chi connectivity index (χ0v) is 35.6. The molecule has 1 fully saturated rings. The van der Waals surface area contributed by atoms with Crippen LogP contribution in [0.5, 0.6) is 0 Å². The average Bonchev–Trinajstić information content (AvgIpc) is 3.86. The Kier molecular flexibility index (Phi) is 12.3. The van der Waals surface area contributed by atoms with Gasteiger partial charge in [-0.15, -0.1) is 0 Å².